The van der Waals surface area contributed by atoms with E-state index in [0.717, 1.165) is 51.4 Å². The molecule has 4 saturated carbocycles. The Morgan fingerprint density at radius 3 is 2.04 bits per heavy atom. The van der Waals surface area contributed by atoms with Crippen LogP contribution in [-0.4, -0.2) is 62.4 Å². The molecule has 4 fully saturated rings. The molecule has 0 aromatic heterocycles. The van der Waals surface area contributed by atoms with E-state index in [1.807, 2.05) is 34.6 Å². The molecule has 11 atom stereocenters. The fourth-order valence-electron chi connectivity index (χ4n) is 12.1. The second kappa shape index (κ2) is 13.5. The summed E-state index contributed by atoms with van der Waals surface area (Å²) in [4.78, 5) is 26.4. The first kappa shape index (κ1) is 40.4. The summed E-state index contributed by atoms with van der Waals surface area (Å²) in [6.07, 6.45) is 7.51. The number of carbonyl (C=O) groups excluding carboxylic acids is 2. The normalized spacial score (nSPS) is 39.2. The molecular weight excluding hydrogens is 618 g/mol. The van der Waals surface area contributed by atoms with Crippen LogP contribution in [0.5, 0.6) is 0 Å². The maximum Gasteiger partial charge on any atom is 0.408 e. The number of fused-ring (bicyclic) bond motifs is 5. The molecule has 0 unspecified atom stereocenters. The van der Waals surface area contributed by atoms with Crippen LogP contribution in [-0.2, 0) is 14.3 Å². The summed E-state index contributed by atoms with van der Waals surface area (Å²) in [7, 11) is 0. The van der Waals surface area contributed by atoms with Crippen LogP contribution < -0.4 is 5.32 Å². The zero-order valence-corrected chi connectivity index (χ0v) is 33.4. The van der Waals surface area contributed by atoms with Crippen LogP contribution in [0.4, 0.5) is 4.79 Å². The van der Waals surface area contributed by atoms with Crippen LogP contribution in [0.3, 0.4) is 0 Å². The van der Waals surface area contributed by atoms with E-state index >= 15 is 0 Å². The molecule has 1 amide bonds. The van der Waals surface area contributed by atoms with Crippen LogP contribution in [0.25, 0.3) is 0 Å². The molecule has 4 aliphatic carbocycles. The van der Waals surface area contributed by atoms with Gasteiger partial charge in [0, 0.05) is 5.41 Å². The molecular formula is C41H73NO7. The topological polar surface area (TPSA) is 125 Å². The molecule has 0 heterocycles. The minimum Gasteiger partial charge on any atom is -0.460 e. The summed E-state index contributed by atoms with van der Waals surface area (Å²) in [5.41, 5.74) is -2.72. The molecule has 284 valence electrons. The van der Waals surface area contributed by atoms with Gasteiger partial charge >= 0.3 is 12.1 Å². The van der Waals surface area contributed by atoms with Gasteiger partial charge in [-0.3, -0.25) is 0 Å². The van der Waals surface area contributed by atoms with Crippen molar-refractivity contribution in [2.75, 3.05) is 0 Å². The van der Waals surface area contributed by atoms with Gasteiger partial charge in [0.2, 0.25) is 0 Å². The van der Waals surface area contributed by atoms with Crippen LogP contribution in [0.1, 0.15) is 161 Å². The van der Waals surface area contributed by atoms with E-state index in [0.29, 0.717) is 31.1 Å². The fraction of sp³-hybridized carbons (Fsp3) is 0.951. The van der Waals surface area contributed by atoms with Gasteiger partial charge in [-0.2, -0.15) is 0 Å². The number of esters is 1. The zero-order chi connectivity index (χ0) is 37.2. The summed E-state index contributed by atoms with van der Waals surface area (Å²) in [6, 6.07) is -0.776. The summed E-state index contributed by atoms with van der Waals surface area (Å²) in [5.74, 6) is 0.468. The number of nitrogens with one attached hydrogen (secondary N) is 1. The zero-order valence-electron chi connectivity index (χ0n) is 33.4. The van der Waals surface area contributed by atoms with E-state index in [4.69, 9.17) is 9.47 Å². The van der Waals surface area contributed by atoms with Crippen molar-refractivity contribution >= 4 is 12.1 Å². The van der Waals surface area contributed by atoms with Crippen LogP contribution in [0.15, 0.2) is 0 Å². The summed E-state index contributed by atoms with van der Waals surface area (Å²) < 4.78 is 11.8. The lowest BCUT2D eigenvalue weighted by molar-refractivity contribution is -0.249. The minimum atomic E-state index is -0.894. The maximum absolute atomic E-state index is 13.7. The highest BCUT2D eigenvalue weighted by molar-refractivity contribution is 5.81. The number of amides is 1. The quantitative estimate of drug-likeness (QED) is 0.170. The number of aliphatic hydroxyl groups excluding tert-OH is 1. The van der Waals surface area contributed by atoms with Crippen LogP contribution in [0, 0.1) is 51.2 Å². The molecule has 0 aromatic rings. The largest absolute Gasteiger partial charge is 0.460 e. The average Bonchev–Trinajstić information content (AvgIpc) is 3.30. The Bertz CT molecular complexity index is 1200. The van der Waals surface area contributed by atoms with Gasteiger partial charge in [0.1, 0.15) is 17.7 Å². The fourth-order valence-corrected chi connectivity index (χ4v) is 12.1. The lowest BCUT2D eigenvalue weighted by atomic mass is 9.35. The molecule has 0 saturated heterocycles. The van der Waals surface area contributed by atoms with Gasteiger partial charge < -0.3 is 30.1 Å². The molecule has 4 rings (SSSR count). The molecule has 0 bridgehead atoms. The molecule has 0 aromatic carbocycles. The van der Waals surface area contributed by atoms with Crippen LogP contribution in [0.2, 0.25) is 0 Å². The van der Waals surface area contributed by atoms with Crippen LogP contribution >= 0.6 is 0 Å². The van der Waals surface area contributed by atoms with Gasteiger partial charge in [-0.25, -0.2) is 9.59 Å². The van der Waals surface area contributed by atoms with Crippen molar-refractivity contribution in [2.24, 2.45) is 51.2 Å². The molecule has 49 heavy (non-hydrogen) atoms. The van der Waals surface area contributed by atoms with E-state index in [1.165, 1.54) is 0 Å². The van der Waals surface area contributed by atoms with Crippen molar-refractivity contribution in [3.8, 4) is 0 Å². The Balaban J connectivity index is 1.53. The third kappa shape index (κ3) is 7.87. The van der Waals surface area contributed by atoms with Gasteiger partial charge in [0.15, 0.2) is 0 Å². The lowest BCUT2D eigenvalue weighted by Crippen LogP contribution is -2.67. The highest BCUT2D eigenvalue weighted by Crippen LogP contribution is 2.76. The smallest absolute Gasteiger partial charge is 0.408 e. The number of alkyl carbamates (subject to hydrolysis) is 1. The molecule has 0 aliphatic heterocycles. The molecule has 0 spiro atoms. The molecule has 4 aliphatic rings. The number of carbonyl (C=O) groups is 2. The number of ether oxygens (including phenoxy) is 2. The van der Waals surface area contributed by atoms with Crippen molar-refractivity contribution in [1.82, 2.24) is 5.32 Å². The van der Waals surface area contributed by atoms with E-state index < -0.39 is 41.0 Å². The predicted octanol–water partition coefficient (Wildman–Crippen LogP) is 8.19. The lowest BCUT2D eigenvalue weighted by Gasteiger charge is -2.70. The first-order valence-corrected chi connectivity index (χ1v) is 19.5. The number of hydrogen-bond acceptors (Lipinski definition) is 7. The Labute approximate surface area is 298 Å². The van der Waals surface area contributed by atoms with Gasteiger partial charge in [-0.15, -0.1) is 0 Å². The molecule has 0 radical (unpaired) electrons. The second-order valence-electron chi connectivity index (χ2n) is 20.6. The third-order valence-electron chi connectivity index (χ3n) is 14.5. The molecule has 8 nitrogen and oxygen atoms in total. The first-order valence-electron chi connectivity index (χ1n) is 19.5. The van der Waals surface area contributed by atoms with E-state index in [-0.39, 0.29) is 45.5 Å². The summed E-state index contributed by atoms with van der Waals surface area (Å²) >= 11 is 0. The number of aliphatic hydroxyl groups is 3. The third-order valence-corrected chi connectivity index (χ3v) is 14.5. The van der Waals surface area contributed by atoms with Crippen molar-refractivity contribution < 1.29 is 34.4 Å². The Morgan fingerprint density at radius 1 is 0.857 bits per heavy atom. The Morgan fingerprint density at radius 2 is 1.47 bits per heavy atom. The average molecular weight is 692 g/mol. The standard InChI is InChI=1S/C41H73NO7/c1-25(2)23-27(42-34(45)49-35(3,4)5)33(44)48-31-17-20-38(10)29(37(31,8)9)16-22-39(11)30(38)24-28(43)32-26(15-21-40(32,39)12)41(13,47)19-14-18-36(6,7)46/h25-32,43,46-47H,14-24H2,1-13H3,(H,42,45)/t26-,27-,28+,29-,30+,31-,32-,38-,39+,40+,41+/m0/s1. The number of rotatable bonds is 10. The highest BCUT2D eigenvalue weighted by atomic mass is 16.6. The maximum atomic E-state index is 13.7. The second-order valence-corrected chi connectivity index (χ2v) is 20.6. The van der Waals surface area contributed by atoms with Gasteiger partial charge in [0.25, 0.3) is 0 Å². The number of hydrogen-bond donors (Lipinski definition) is 4. The van der Waals surface area contributed by atoms with Gasteiger partial charge in [-0.1, -0.05) is 48.5 Å². The predicted molar refractivity (Wildman–Crippen MR) is 194 cm³/mol. The SMILES string of the molecule is CC(C)C[C@H](NC(=O)OC(C)(C)C)C(=O)O[C@H]1CC[C@]2(C)[C@H]3C[C@@H](O)[C@@H]4[C@@H]([C@](C)(O)CCCC(C)(C)O)CC[C@@]4(C)[C@]3(C)CC[C@H]2C1(C)C. The van der Waals surface area contributed by atoms with Crippen molar-refractivity contribution in [1.29, 1.82) is 0 Å². The van der Waals surface area contributed by atoms with Crippen molar-refractivity contribution in [3.63, 3.8) is 0 Å². The Hall–Kier alpha value is -1.38. The van der Waals surface area contributed by atoms with Gasteiger partial charge in [-0.05, 0) is 158 Å². The first-order chi connectivity index (χ1) is 22.2. The van der Waals surface area contributed by atoms with E-state index in [9.17, 15) is 24.9 Å². The highest BCUT2D eigenvalue weighted by Gasteiger charge is 2.71. The van der Waals surface area contributed by atoms with Gasteiger partial charge in [0.05, 0.1) is 17.3 Å². The van der Waals surface area contributed by atoms with Crippen molar-refractivity contribution in [2.45, 2.75) is 196 Å². The minimum absolute atomic E-state index is 0.0132. The Kier molecular flexibility index (Phi) is 11.2. The monoisotopic (exact) mass is 692 g/mol. The molecule has 4 N–H and O–H groups in total. The van der Waals surface area contributed by atoms with E-state index in [2.05, 4.69) is 39.9 Å². The van der Waals surface area contributed by atoms with E-state index in [1.54, 1.807) is 20.8 Å². The summed E-state index contributed by atoms with van der Waals surface area (Å²) in [6.45, 7) is 27.0. The summed E-state index contributed by atoms with van der Waals surface area (Å²) in [5, 5.41) is 37.1. The molecule has 8 heteroatoms. The van der Waals surface area contributed by atoms with Crippen molar-refractivity contribution in [3.05, 3.63) is 0 Å².